The summed E-state index contributed by atoms with van der Waals surface area (Å²) in [4.78, 5) is 15.6. The van der Waals surface area contributed by atoms with Gasteiger partial charge in [0.25, 0.3) is 5.89 Å². The summed E-state index contributed by atoms with van der Waals surface area (Å²) < 4.78 is 12.1. The van der Waals surface area contributed by atoms with Gasteiger partial charge in [0.2, 0.25) is 0 Å². The van der Waals surface area contributed by atoms with Crippen molar-refractivity contribution in [1.29, 1.82) is 0 Å². The van der Waals surface area contributed by atoms with E-state index < -0.39 is 0 Å². The van der Waals surface area contributed by atoms with Crippen LogP contribution in [0.3, 0.4) is 0 Å². The second kappa shape index (κ2) is 5.30. The summed E-state index contributed by atoms with van der Waals surface area (Å²) >= 11 is 3.33. The molecule has 0 fully saturated rings. The number of carbonyl (C=O) groups is 1. The van der Waals surface area contributed by atoms with Crippen LogP contribution < -0.4 is 0 Å². The molecule has 8 heteroatoms. The maximum Gasteiger partial charge on any atom is 0.327 e. The molecule has 2 aromatic rings. The number of carbonyl (C=O) groups excluding carboxylic acids is 1. The maximum atomic E-state index is 11.4. The first-order valence-electron chi connectivity index (χ1n) is 5.29. The molecule has 0 radical (unpaired) electrons. The summed E-state index contributed by atoms with van der Waals surface area (Å²) in [6.07, 6.45) is 1.56. The highest BCUT2D eigenvalue weighted by Crippen LogP contribution is 2.26. The monoisotopic (exact) mass is 314 g/mol. The summed E-state index contributed by atoms with van der Waals surface area (Å²) in [6.45, 7) is 3.79. The summed E-state index contributed by atoms with van der Waals surface area (Å²) in [5, 5.41) is 7.77. The van der Waals surface area contributed by atoms with E-state index in [1.54, 1.807) is 20.0 Å². The number of nitrogens with zero attached hydrogens (tertiary/aromatic N) is 4. The third-order valence-electron chi connectivity index (χ3n) is 2.11. The van der Waals surface area contributed by atoms with Gasteiger partial charge in [0, 0.05) is 0 Å². The number of aryl methyl sites for hydroxylation is 1. The zero-order valence-electron chi connectivity index (χ0n) is 9.88. The molecule has 18 heavy (non-hydrogen) atoms. The van der Waals surface area contributed by atoms with Gasteiger partial charge in [-0.15, -0.1) is 0 Å². The predicted molar refractivity (Wildman–Crippen MR) is 64.6 cm³/mol. The lowest BCUT2D eigenvalue weighted by Gasteiger charge is -2.04. The first kappa shape index (κ1) is 12.7. The normalized spacial score (nSPS) is 10.6. The molecule has 0 unspecified atom stereocenters. The van der Waals surface area contributed by atoms with Crippen LogP contribution in [0.4, 0.5) is 0 Å². The minimum Gasteiger partial charge on any atom is -0.465 e. The van der Waals surface area contributed by atoms with Crippen molar-refractivity contribution >= 4 is 21.9 Å². The van der Waals surface area contributed by atoms with Gasteiger partial charge in [-0.1, -0.05) is 5.16 Å². The standard InChI is InChI=1S/C10H11BrN4O3/c1-3-17-8(16)5-15-9(7(11)4-12-15)10-13-6(2)14-18-10/h4H,3,5H2,1-2H3. The van der Waals surface area contributed by atoms with Crippen LogP contribution in [0.5, 0.6) is 0 Å². The van der Waals surface area contributed by atoms with Crippen molar-refractivity contribution in [3.63, 3.8) is 0 Å². The smallest absolute Gasteiger partial charge is 0.327 e. The molecule has 0 aromatic carbocycles. The van der Waals surface area contributed by atoms with Crippen LogP contribution >= 0.6 is 15.9 Å². The fourth-order valence-corrected chi connectivity index (χ4v) is 1.88. The van der Waals surface area contributed by atoms with E-state index in [0.29, 0.717) is 28.5 Å². The first-order chi connectivity index (χ1) is 8.61. The van der Waals surface area contributed by atoms with Gasteiger partial charge in [0.05, 0.1) is 17.3 Å². The summed E-state index contributed by atoms with van der Waals surface area (Å²) in [7, 11) is 0. The Labute approximate surface area is 111 Å². The Kier molecular flexibility index (Phi) is 3.75. The number of hydrogen-bond donors (Lipinski definition) is 0. The Morgan fingerprint density at radius 1 is 1.61 bits per heavy atom. The van der Waals surface area contributed by atoms with Crippen LogP contribution in [0, 0.1) is 6.92 Å². The van der Waals surface area contributed by atoms with E-state index in [1.165, 1.54) is 4.68 Å². The molecule has 7 nitrogen and oxygen atoms in total. The Balaban J connectivity index is 2.30. The van der Waals surface area contributed by atoms with Gasteiger partial charge >= 0.3 is 5.97 Å². The third-order valence-corrected chi connectivity index (χ3v) is 2.69. The molecule has 2 rings (SSSR count). The fourth-order valence-electron chi connectivity index (χ4n) is 1.42. The molecular weight excluding hydrogens is 304 g/mol. The van der Waals surface area contributed by atoms with Gasteiger partial charge in [-0.25, -0.2) is 4.68 Å². The zero-order valence-corrected chi connectivity index (χ0v) is 11.5. The van der Waals surface area contributed by atoms with E-state index >= 15 is 0 Å². The highest BCUT2D eigenvalue weighted by atomic mass is 79.9. The predicted octanol–water partition coefficient (Wildman–Crippen LogP) is 1.57. The fraction of sp³-hybridized carbons (Fsp3) is 0.400. The van der Waals surface area contributed by atoms with Crippen molar-refractivity contribution in [3.8, 4) is 11.6 Å². The molecule has 0 spiro atoms. The molecule has 2 heterocycles. The average molecular weight is 315 g/mol. The average Bonchev–Trinajstić information content (AvgIpc) is 2.86. The van der Waals surface area contributed by atoms with Crippen molar-refractivity contribution in [2.75, 3.05) is 6.61 Å². The van der Waals surface area contributed by atoms with Crippen molar-refractivity contribution in [1.82, 2.24) is 19.9 Å². The van der Waals surface area contributed by atoms with E-state index in [1.807, 2.05) is 0 Å². The molecule has 0 atom stereocenters. The highest BCUT2D eigenvalue weighted by molar-refractivity contribution is 9.10. The van der Waals surface area contributed by atoms with Crippen LogP contribution in [0.15, 0.2) is 15.2 Å². The second-order valence-corrected chi connectivity index (χ2v) is 4.30. The maximum absolute atomic E-state index is 11.4. The lowest BCUT2D eigenvalue weighted by atomic mass is 10.4. The Hall–Kier alpha value is -1.70. The van der Waals surface area contributed by atoms with Crippen LogP contribution in [0.25, 0.3) is 11.6 Å². The van der Waals surface area contributed by atoms with Crippen LogP contribution in [-0.2, 0) is 16.1 Å². The summed E-state index contributed by atoms with van der Waals surface area (Å²) in [5.41, 5.74) is 0.559. The van der Waals surface area contributed by atoms with Crippen LogP contribution in [0.2, 0.25) is 0 Å². The second-order valence-electron chi connectivity index (χ2n) is 3.45. The molecule has 0 amide bonds. The van der Waals surface area contributed by atoms with Crippen LogP contribution in [0.1, 0.15) is 12.7 Å². The molecule has 0 N–H and O–H groups in total. The highest BCUT2D eigenvalue weighted by Gasteiger charge is 2.19. The van der Waals surface area contributed by atoms with Crippen molar-refractivity contribution < 1.29 is 14.1 Å². The van der Waals surface area contributed by atoms with Crippen LogP contribution in [-0.4, -0.2) is 32.5 Å². The van der Waals surface area contributed by atoms with E-state index in [0.717, 1.165) is 0 Å². The van der Waals surface area contributed by atoms with Gasteiger partial charge in [0.15, 0.2) is 5.82 Å². The Morgan fingerprint density at radius 3 is 3.00 bits per heavy atom. The van der Waals surface area contributed by atoms with Gasteiger partial charge in [0.1, 0.15) is 12.2 Å². The molecule has 0 saturated heterocycles. The molecule has 0 aliphatic heterocycles. The first-order valence-corrected chi connectivity index (χ1v) is 6.08. The molecule has 2 aromatic heterocycles. The minimum atomic E-state index is -0.370. The molecule has 0 bridgehead atoms. The third kappa shape index (κ3) is 2.58. The lowest BCUT2D eigenvalue weighted by molar-refractivity contribution is -0.144. The Bertz CT molecular complexity index is 563. The Morgan fingerprint density at radius 2 is 2.39 bits per heavy atom. The van der Waals surface area contributed by atoms with E-state index in [9.17, 15) is 4.79 Å². The zero-order chi connectivity index (χ0) is 13.1. The lowest BCUT2D eigenvalue weighted by Crippen LogP contribution is -2.15. The quantitative estimate of drug-likeness (QED) is 0.796. The number of halogens is 1. The SMILES string of the molecule is CCOC(=O)Cn1ncc(Br)c1-c1nc(C)no1. The van der Waals surface area contributed by atoms with E-state index in [2.05, 4.69) is 31.2 Å². The largest absolute Gasteiger partial charge is 0.465 e. The van der Waals surface area contributed by atoms with Gasteiger partial charge in [-0.05, 0) is 29.8 Å². The van der Waals surface area contributed by atoms with Gasteiger partial charge < -0.3 is 9.26 Å². The number of hydrogen-bond acceptors (Lipinski definition) is 6. The van der Waals surface area contributed by atoms with E-state index in [-0.39, 0.29) is 12.5 Å². The minimum absolute atomic E-state index is 0.00377. The molecule has 0 aliphatic carbocycles. The summed E-state index contributed by atoms with van der Waals surface area (Å²) in [6, 6.07) is 0. The topological polar surface area (TPSA) is 83.0 Å². The number of aromatic nitrogens is 4. The molecular formula is C10H11BrN4O3. The summed E-state index contributed by atoms with van der Waals surface area (Å²) in [5.74, 6) is 0.451. The number of rotatable bonds is 4. The van der Waals surface area contributed by atoms with Gasteiger partial charge in [-0.3, -0.25) is 4.79 Å². The van der Waals surface area contributed by atoms with E-state index in [4.69, 9.17) is 9.26 Å². The molecule has 0 saturated carbocycles. The van der Waals surface area contributed by atoms with Crippen molar-refractivity contribution in [2.24, 2.45) is 0 Å². The molecule has 96 valence electrons. The van der Waals surface area contributed by atoms with Crippen molar-refractivity contribution in [3.05, 3.63) is 16.5 Å². The van der Waals surface area contributed by atoms with Crippen molar-refractivity contribution in [2.45, 2.75) is 20.4 Å². The number of esters is 1. The van der Waals surface area contributed by atoms with Gasteiger partial charge in [-0.2, -0.15) is 10.1 Å². The number of ether oxygens (including phenoxy) is 1. The molecule has 0 aliphatic rings.